The second kappa shape index (κ2) is 9.69. The smallest absolute Gasteiger partial charge is 0.336 e. The van der Waals surface area contributed by atoms with Gasteiger partial charge in [0.25, 0.3) is 5.56 Å². The SMILES string of the molecule is COc1nc(N2[C@@H]3CC[C@H]2CNC3)cc2c1c(=O)n(-c1cncc(Cl)c1)c(=O)n2Cc1cc(F)c(F)c(F)c1. The van der Waals surface area contributed by atoms with Gasteiger partial charge < -0.3 is 15.0 Å². The summed E-state index contributed by atoms with van der Waals surface area (Å²) in [6.07, 6.45) is 4.53. The van der Waals surface area contributed by atoms with Gasteiger partial charge in [-0.1, -0.05) is 11.6 Å². The largest absolute Gasteiger partial charge is 0.480 e. The first-order valence-electron chi connectivity index (χ1n) is 12.2. The van der Waals surface area contributed by atoms with Crippen LogP contribution in [0.15, 0.2) is 46.2 Å². The van der Waals surface area contributed by atoms with E-state index in [1.54, 1.807) is 6.07 Å². The molecule has 9 nitrogen and oxygen atoms in total. The topological polar surface area (TPSA) is 94.3 Å². The number of hydrogen-bond donors (Lipinski definition) is 1. The molecule has 3 aromatic heterocycles. The predicted molar refractivity (Wildman–Crippen MR) is 139 cm³/mol. The minimum atomic E-state index is -1.62. The van der Waals surface area contributed by atoms with Crippen molar-refractivity contribution >= 4 is 28.3 Å². The van der Waals surface area contributed by atoms with E-state index in [-0.39, 0.29) is 51.7 Å². The Morgan fingerprint density at radius 1 is 1.05 bits per heavy atom. The number of piperazine rings is 1. The molecule has 2 aliphatic rings. The monoisotopic (exact) mass is 558 g/mol. The van der Waals surface area contributed by atoms with Crippen LogP contribution in [0.5, 0.6) is 5.88 Å². The van der Waals surface area contributed by atoms with Gasteiger partial charge in [0, 0.05) is 37.4 Å². The minimum absolute atomic E-state index is 0.0145. The lowest BCUT2D eigenvalue weighted by atomic mass is 10.1. The van der Waals surface area contributed by atoms with E-state index in [1.165, 1.54) is 30.1 Å². The van der Waals surface area contributed by atoms with Gasteiger partial charge in [0.15, 0.2) is 17.5 Å². The van der Waals surface area contributed by atoms with Crippen molar-refractivity contribution in [2.24, 2.45) is 0 Å². The van der Waals surface area contributed by atoms with Crippen LogP contribution in [0.2, 0.25) is 5.02 Å². The summed E-state index contributed by atoms with van der Waals surface area (Å²) in [5, 5.41) is 3.55. The van der Waals surface area contributed by atoms with Crippen molar-refractivity contribution in [3.8, 4) is 11.6 Å². The highest BCUT2D eigenvalue weighted by atomic mass is 35.5. The molecule has 0 spiro atoms. The van der Waals surface area contributed by atoms with E-state index in [4.69, 9.17) is 16.3 Å². The number of methoxy groups -OCH3 is 1. The highest BCUT2D eigenvalue weighted by Crippen LogP contribution is 2.34. The Hall–Kier alpha value is -3.90. The maximum atomic E-state index is 14.1. The molecule has 1 aromatic carbocycles. The van der Waals surface area contributed by atoms with Crippen molar-refractivity contribution in [3.63, 3.8) is 0 Å². The number of pyridine rings is 2. The number of nitrogens with one attached hydrogen (secondary N) is 1. The highest BCUT2D eigenvalue weighted by molar-refractivity contribution is 6.30. The predicted octanol–water partition coefficient (Wildman–Crippen LogP) is 3.01. The quantitative estimate of drug-likeness (QED) is 0.376. The maximum Gasteiger partial charge on any atom is 0.336 e. The molecule has 0 radical (unpaired) electrons. The molecule has 2 fully saturated rings. The maximum absolute atomic E-state index is 14.1. The molecule has 39 heavy (non-hydrogen) atoms. The molecule has 0 aliphatic carbocycles. The molecule has 2 atom stereocenters. The Kier molecular flexibility index (Phi) is 6.31. The number of benzene rings is 1. The van der Waals surface area contributed by atoms with Crippen molar-refractivity contribution < 1.29 is 17.9 Å². The van der Waals surface area contributed by atoms with Gasteiger partial charge in [-0.2, -0.15) is 4.98 Å². The van der Waals surface area contributed by atoms with E-state index in [0.29, 0.717) is 5.82 Å². The third-order valence-electron chi connectivity index (χ3n) is 7.25. The summed E-state index contributed by atoms with van der Waals surface area (Å²) in [6, 6.07) is 4.95. The van der Waals surface area contributed by atoms with Crippen LogP contribution in [0.1, 0.15) is 18.4 Å². The first-order chi connectivity index (χ1) is 18.8. The van der Waals surface area contributed by atoms with Gasteiger partial charge in [0.1, 0.15) is 11.2 Å². The lowest BCUT2D eigenvalue weighted by Crippen LogP contribution is -2.52. The van der Waals surface area contributed by atoms with Crippen LogP contribution < -0.4 is 26.2 Å². The van der Waals surface area contributed by atoms with Crippen LogP contribution in [0.3, 0.4) is 0 Å². The number of aromatic nitrogens is 4. The Labute approximate surface area is 224 Å². The Balaban J connectivity index is 1.65. The summed E-state index contributed by atoms with van der Waals surface area (Å²) in [7, 11) is 1.36. The number of anilines is 1. The average molecular weight is 559 g/mol. The first-order valence-corrected chi connectivity index (χ1v) is 12.6. The third-order valence-corrected chi connectivity index (χ3v) is 7.46. The minimum Gasteiger partial charge on any atom is -0.480 e. The molecule has 5 heterocycles. The van der Waals surface area contributed by atoms with E-state index in [0.717, 1.165) is 42.6 Å². The number of hydrogen-bond acceptors (Lipinski definition) is 7. The van der Waals surface area contributed by atoms with Gasteiger partial charge in [-0.25, -0.2) is 22.5 Å². The molecule has 4 aromatic rings. The van der Waals surface area contributed by atoms with Crippen molar-refractivity contribution in [2.45, 2.75) is 31.5 Å². The zero-order valence-electron chi connectivity index (χ0n) is 20.6. The number of nitrogens with zero attached hydrogens (tertiary/aromatic N) is 5. The van der Waals surface area contributed by atoms with Gasteiger partial charge in [0.2, 0.25) is 5.88 Å². The fraction of sp³-hybridized carbons (Fsp3) is 0.308. The number of fused-ring (bicyclic) bond motifs is 3. The summed E-state index contributed by atoms with van der Waals surface area (Å²) < 4.78 is 49.5. The molecular formula is C26H22ClF3N6O3. The molecule has 0 unspecified atom stereocenters. The zero-order chi connectivity index (χ0) is 27.4. The second-order valence-corrected chi connectivity index (χ2v) is 10.0. The molecule has 0 saturated carbocycles. The molecular weight excluding hydrogens is 537 g/mol. The molecule has 1 N–H and O–H groups in total. The van der Waals surface area contributed by atoms with Crippen LogP contribution in [0, 0.1) is 17.5 Å². The number of halogens is 4. The van der Waals surface area contributed by atoms with Gasteiger partial charge in [-0.15, -0.1) is 0 Å². The molecule has 2 saturated heterocycles. The second-order valence-electron chi connectivity index (χ2n) is 9.58. The number of ether oxygens (including phenoxy) is 1. The van der Waals surface area contributed by atoms with Gasteiger partial charge in [-0.3, -0.25) is 14.3 Å². The van der Waals surface area contributed by atoms with E-state index in [9.17, 15) is 22.8 Å². The van der Waals surface area contributed by atoms with Crippen LogP contribution in [-0.2, 0) is 6.54 Å². The molecule has 202 valence electrons. The van der Waals surface area contributed by atoms with Gasteiger partial charge in [-0.05, 0) is 36.6 Å². The fourth-order valence-corrected chi connectivity index (χ4v) is 5.72. The van der Waals surface area contributed by atoms with E-state index in [2.05, 4.69) is 20.2 Å². The van der Waals surface area contributed by atoms with Crippen LogP contribution >= 0.6 is 11.6 Å². The van der Waals surface area contributed by atoms with E-state index >= 15 is 0 Å². The Morgan fingerprint density at radius 3 is 2.38 bits per heavy atom. The highest BCUT2D eigenvalue weighted by Gasteiger charge is 2.38. The molecule has 6 rings (SSSR count). The van der Waals surface area contributed by atoms with Crippen LogP contribution in [0.25, 0.3) is 16.6 Å². The summed E-state index contributed by atoms with van der Waals surface area (Å²) in [4.78, 5) is 38.5. The Bertz CT molecular complexity index is 1700. The van der Waals surface area contributed by atoms with Crippen LogP contribution in [0.4, 0.5) is 19.0 Å². The molecule has 2 bridgehead atoms. The van der Waals surface area contributed by atoms with Crippen molar-refractivity contribution in [1.82, 2.24) is 24.4 Å². The fourth-order valence-electron chi connectivity index (χ4n) is 5.55. The van der Waals surface area contributed by atoms with Crippen molar-refractivity contribution in [2.75, 3.05) is 25.1 Å². The third kappa shape index (κ3) is 4.23. The number of rotatable bonds is 5. The first kappa shape index (κ1) is 25.4. The average Bonchev–Trinajstić information content (AvgIpc) is 3.16. The van der Waals surface area contributed by atoms with E-state index < -0.39 is 28.7 Å². The summed E-state index contributed by atoms with van der Waals surface area (Å²) in [5.41, 5.74) is -1.34. The van der Waals surface area contributed by atoms with Crippen molar-refractivity contribution in [3.05, 3.63) is 85.5 Å². The Morgan fingerprint density at radius 2 is 1.74 bits per heavy atom. The van der Waals surface area contributed by atoms with Gasteiger partial charge >= 0.3 is 5.69 Å². The molecule has 0 amide bonds. The lowest BCUT2D eigenvalue weighted by molar-refractivity contribution is 0.400. The zero-order valence-corrected chi connectivity index (χ0v) is 21.4. The molecule has 2 aliphatic heterocycles. The summed E-state index contributed by atoms with van der Waals surface area (Å²) in [5.74, 6) is -3.91. The summed E-state index contributed by atoms with van der Waals surface area (Å²) >= 11 is 6.08. The standard InChI is InChI=1S/C26H22ClF3N6O3/c1-39-24-22-20(7-21(33-24)35-15-2-3-16(35)10-32-9-15)34(12-13-4-18(28)23(30)19(29)5-13)26(38)36(25(22)37)17-6-14(27)8-31-11-17/h4-8,11,15-16,32H,2-3,9-10,12H2,1H3/t15-,16+. The van der Waals surface area contributed by atoms with Gasteiger partial charge in [0.05, 0.1) is 36.1 Å². The summed E-state index contributed by atoms with van der Waals surface area (Å²) in [6.45, 7) is 1.13. The van der Waals surface area contributed by atoms with E-state index in [1.807, 2.05) is 0 Å². The van der Waals surface area contributed by atoms with Crippen LogP contribution in [-0.4, -0.2) is 51.4 Å². The lowest BCUT2D eigenvalue weighted by Gasteiger charge is -2.36. The van der Waals surface area contributed by atoms with Crippen molar-refractivity contribution in [1.29, 1.82) is 0 Å². The molecule has 13 heteroatoms. The normalized spacial score (nSPS) is 18.6.